The van der Waals surface area contributed by atoms with Crippen molar-refractivity contribution in [2.45, 2.75) is 32.7 Å². The van der Waals surface area contributed by atoms with Gasteiger partial charge in [0, 0.05) is 34.9 Å². The van der Waals surface area contributed by atoms with Crippen LogP contribution in [-0.2, 0) is 13.0 Å². The van der Waals surface area contributed by atoms with E-state index in [1.54, 1.807) is 13.3 Å². The van der Waals surface area contributed by atoms with Crippen LogP contribution in [0.2, 0.25) is 0 Å². The molecule has 2 aromatic heterocycles. The fourth-order valence-corrected chi connectivity index (χ4v) is 4.37. The highest BCUT2D eigenvalue weighted by Crippen LogP contribution is 2.38. The molecular formula is C25H26BrN3O2. The van der Waals surface area contributed by atoms with Gasteiger partial charge in [0.1, 0.15) is 22.6 Å². The molecule has 0 unspecified atom stereocenters. The number of aliphatic hydroxyl groups excluding tert-OH is 1. The molecule has 160 valence electrons. The van der Waals surface area contributed by atoms with E-state index in [-0.39, 0.29) is 6.61 Å². The Hall–Kier alpha value is -2.70. The lowest BCUT2D eigenvalue weighted by atomic mass is 10.0. The van der Waals surface area contributed by atoms with Crippen molar-refractivity contribution in [3.05, 3.63) is 76.0 Å². The van der Waals surface area contributed by atoms with Crippen LogP contribution in [0.5, 0.6) is 5.75 Å². The summed E-state index contributed by atoms with van der Waals surface area (Å²) >= 11 is 3.78. The fourth-order valence-electron chi connectivity index (χ4n) is 3.83. The number of aromatic nitrogens is 3. The van der Waals surface area contributed by atoms with Gasteiger partial charge in [-0.3, -0.25) is 4.98 Å². The van der Waals surface area contributed by atoms with Crippen molar-refractivity contribution >= 4 is 27.0 Å². The number of hydrogen-bond donors (Lipinski definition) is 1. The predicted octanol–water partition coefficient (Wildman–Crippen LogP) is 5.58. The predicted molar refractivity (Wildman–Crippen MR) is 128 cm³/mol. The highest BCUT2D eigenvalue weighted by Gasteiger charge is 2.21. The first kappa shape index (κ1) is 21.5. The molecule has 6 heteroatoms. The number of fused-ring (bicyclic) bond motifs is 1. The zero-order chi connectivity index (χ0) is 22.0. The van der Waals surface area contributed by atoms with Crippen LogP contribution in [0.1, 0.15) is 36.6 Å². The van der Waals surface area contributed by atoms with E-state index in [1.807, 2.05) is 28.8 Å². The normalized spacial score (nSPS) is 11.4. The Balaban J connectivity index is 1.89. The number of rotatable bonds is 7. The molecule has 2 heterocycles. The topological polar surface area (TPSA) is 60.2 Å². The summed E-state index contributed by atoms with van der Waals surface area (Å²) in [7, 11) is 1.67. The van der Waals surface area contributed by atoms with E-state index in [9.17, 15) is 5.11 Å². The average molecular weight is 480 g/mol. The molecule has 0 aliphatic rings. The van der Waals surface area contributed by atoms with Gasteiger partial charge in [-0.2, -0.15) is 0 Å². The van der Waals surface area contributed by atoms with Gasteiger partial charge in [-0.05, 0) is 51.2 Å². The van der Waals surface area contributed by atoms with Crippen molar-refractivity contribution in [2.24, 2.45) is 0 Å². The van der Waals surface area contributed by atoms with Gasteiger partial charge in [-0.25, -0.2) is 4.98 Å². The van der Waals surface area contributed by atoms with Gasteiger partial charge in [-0.15, -0.1) is 0 Å². The summed E-state index contributed by atoms with van der Waals surface area (Å²) in [6, 6.07) is 16.4. The van der Waals surface area contributed by atoms with Crippen LogP contribution in [-0.4, -0.2) is 33.4 Å². The van der Waals surface area contributed by atoms with Crippen molar-refractivity contribution in [3.8, 4) is 17.1 Å². The second-order valence-corrected chi connectivity index (χ2v) is 8.63. The van der Waals surface area contributed by atoms with Crippen LogP contribution in [0.4, 0.5) is 0 Å². The quantitative estimate of drug-likeness (QED) is 0.376. The number of hydrogen-bond acceptors (Lipinski definition) is 4. The van der Waals surface area contributed by atoms with E-state index in [0.717, 1.165) is 43.9 Å². The first-order valence-electron chi connectivity index (χ1n) is 10.4. The van der Waals surface area contributed by atoms with E-state index < -0.39 is 0 Å². The third-order valence-electron chi connectivity index (χ3n) is 5.47. The van der Waals surface area contributed by atoms with Gasteiger partial charge >= 0.3 is 0 Å². The number of imidazole rings is 1. The monoisotopic (exact) mass is 479 g/mol. The Bertz CT molecular complexity index is 1190. The lowest BCUT2D eigenvalue weighted by molar-refractivity contribution is 0.278. The van der Waals surface area contributed by atoms with E-state index in [1.165, 1.54) is 5.56 Å². The van der Waals surface area contributed by atoms with E-state index >= 15 is 0 Å². The maximum Gasteiger partial charge on any atom is 0.145 e. The Morgan fingerprint density at radius 2 is 1.90 bits per heavy atom. The van der Waals surface area contributed by atoms with Gasteiger partial charge < -0.3 is 14.4 Å². The third-order valence-corrected chi connectivity index (χ3v) is 6.36. The molecule has 0 amide bonds. The summed E-state index contributed by atoms with van der Waals surface area (Å²) in [5, 5.41) is 9.76. The summed E-state index contributed by atoms with van der Waals surface area (Å²) in [5.41, 5.74) is 6.01. The minimum absolute atomic E-state index is 0.0129. The molecule has 0 radical (unpaired) electrons. The van der Waals surface area contributed by atoms with Crippen LogP contribution in [0.25, 0.3) is 22.4 Å². The second kappa shape index (κ2) is 9.20. The van der Waals surface area contributed by atoms with Crippen molar-refractivity contribution in [1.29, 1.82) is 0 Å². The van der Waals surface area contributed by atoms with E-state index in [0.29, 0.717) is 18.9 Å². The fraction of sp³-hybridized carbons (Fsp3) is 0.280. The Kier molecular flexibility index (Phi) is 6.39. The highest BCUT2D eigenvalue weighted by molar-refractivity contribution is 9.10. The number of aliphatic hydroxyl groups is 1. The average Bonchev–Trinajstić information content (AvgIpc) is 3.16. The molecule has 0 saturated heterocycles. The van der Waals surface area contributed by atoms with Gasteiger partial charge in [-0.1, -0.05) is 44.2 Å². The zero-order valence-corrected chi connectivity index (χ0v) is 19.6. The number of ether oxygens (including phenoxy) is 1. The molecule has 4 rings (SSSR count). The molecule has 0 spiro atoms. The van der Waals surface area contributed by atoms with E-state index in [4.69, 9.17) is 9.72 Å². The number of nitrogens with zero attached hydrogens (tertiary/aromatic N) is 3. The molecule has 0 atom stereocenters. The van der Waals surface area contributed by atoms with Gasteiger partial charge in [0.2, 0.25) is 0 Å². The Labute approximate surface area is 190 Å². The van der Waals surface area contributed by atoms with Gasteiger partial charge in [0.25, 0.3) is 0 Å². The summed E-state index contributed by atoms with van der Waals surface area (Å²) in [6.07, 6.45) is 2.47. The Morgan fingerprint density at radius 1 is 1.13 bits per heavy atom. The number of pyridine rings is 1. The first-order valence-corrected chi connectivity index (χ1v) is 11.2. The molecule has 4 aromatic rings. The van der Waals surface area contributed by atoms with Crippen LogP contribution in [0.15, 0.2) is 59.2 Å². The van der Waals surface area contributed by atoms with Crippen LogP contribution in [0, 0.1) is 0 Å². The van der Waals surface area contributed by atoms with Crippen LogP contribution >= 0.6 is 15.9 Å². The molecule has 1 N–H and O–H groups in total. The largest absolute Gasteiger partial charge is 0.494 e. The smallest absolute Gasteiger partial charge is 0.145 e. The maximum atomic E-state index is 9.76. The third kappa shape index (κ3) is 4.23. The molecule has 0 bridgehead atoms. The van der Waals surface area contributed by atoms with Crippen LogP contribution < -0.4 is 4.74 Å². The van der Waals surface area contributed by atoms with Crippen LogP contribution in [0.3, 0.4) is 0 Å². The molecule has 5 nitrogen and oxygen atoms in total. The molecule has 2 aromatic carbocycles. The minimum Gasteiger partial charge on any atom is -0.494 e. The number of methoxy groups -OCH3 is 1. The molecule has 0 aliphatic heterocycles. The Morgan fingerprint density at radius 3 is 2.52 bits per heavy atom. The summed E-state index contributed by atoms with van der Waals surface area (Å²) in [5.74, 6) is 2.01. The van der Waals surface area contributed by atoms with Crippen molar-refractivity contribution < 1.29 is 9.84 Å². The minimum atomic E-state index is 0.0129. The summed E-state index contributed by atoms with van der Waals surface area (Å²) in [4.78, 5) is 9.44. The first-order chi connectivity index (χ1) is 15.0. The second-order valence-electron chi connectivity index (χ2n) is 7.83. The lowest BCUT2D eigenvalue weighted by Crippen LogP contribution is -2.05. The summed E-state index contributed by atoms with van der Waals surface area (Å²) < 4.78 is 8.72. The van der Waals surface area contributed by atoms with Gasteiger partial charge in [0.15, 0.2) is 0 Å². The number of halogens is 1. The molecule has 31 heavy (non-hydrogen) atoms. The van der Waals surface area contributed by atoms with Crippen molar-refractivity contribution in [2.75, 3.05) is 13.7 Å². The van der Waals surface area contributed by atoms with Crippen molar-refractivity contribution in [3.63, 3.8) is 0 Å². The maximum absolute atomic E-state index is 9.76. The van der Waals surface area contributed by atoms with Gasteiger partial charge in [0.05, 0.1) is 13.7 Å². The zero-order valence-electron chi connectivity index (χ0n) is 18.0. The highest BCUT2D eigenvalue weighted by atomic mass is 79.9. The SMILES string of the molecule is COc1cc(Cc2ccccn2)c(Br)c2nc(-c3ccc(C(C)C)cc3)n(CCO)c12. The van der Waals surface area contributed by atoms with E-state index in [2.05, 4.69) is 59.0 Å². The standard InChI is InChI=1S/C25H26BrN3O2/c1-16(2)17-7-9-18(10-8-17)25-28-23-22(26)19(14-20-6-4-5-11-27-20)15-21(31-3)24(23)29(25)12-13-30/h4-11,15-16,30H,12-14H2,1-3H3. The molecule has 0 fully saturated rings. The molecule has 0 aliphatic carbocycles. The number of benzene rings is 2. The molecular weight excluding hydrogens is 454 g/mol. The summed E-state index contributed by atoms with van der Waals surface area (Å²) in [6.45, 7) is 4.81. The molecule has 0 saturated carbocycles. The lowest BCUT2D eigenvalue weighted by Gasteiger charge is -2.13. The van der Waals surface area contributed by atoms with Crippen molar-refractivity contribution in [1.82, 2.24) is 14.5 Å².